The topological polar surface area (TPSA) is 75.0 Å². The molecule has 0 radical (unpaired) electrons. The fourth-order valence-electron chi connectivity index (χ4n) is 2.98. The number of fused-ring (bicyclic) bond motifs is 2. The summed E-state index contributed by atoms with van der Waals surface area (Å²) in [6, 6.07) is 8.82. The summed E-state index contributed by atoms with van der Waals surface area (Å²) in [6.45, 7) is 3.83. The van der Waals surface area contributed by atoms with Crippen molar-refractivity contribution in [3.05, 3.63) is 58.8 Å². The summed E-state index contributed by atoms with van der Waals surface area (Å²) in [4.78, 5) is 24.4. The van der Waals surface area contributed by atoms with Gasteiger partial charge in [0.25, 0.3) is 0 Å². The average molecular weight is 366 g/mol. The molecule has 0 amide bonds. The minimum atomic E-state index is -0.481. The average Bonchev–Trinajstić information content (AvgIpc) is 3.27. The van der Waals surface area contributed by atoms with E-state index in [1.54, 1.807) is 24.5 Å². The van der Waals surface area contributed by atoms with Gasteiger partial charge in [-0.1, -0.05) is 0 Å². The summed E-state index contributed by atoms with van der Waals surface area (Å²) in [5, 5.41) is 0.886. The molecule has 3 aromatic rings. The second-order valence-corrected chi connectivity index (χ2v) is 6.52. The van der Waals surface area contributed by atoms with E-state index >= 15 is 0 Å². The number of Topliss-reactive ketones (excluding diaryl/α,β-unsaturated/α-hetero) is 1. The van der Waals surface area contributed by atoms with E-state index in [9.17, 15) is 9.59 Å². The molecule has 4 rings (SSSR count). The Balaban J connectivity index is 1.40. The Bertz CT molecular complexity index is 1050. The van der Waals surface area contributed by atoms with Crippen LogP contribution in [0.5, 0.6) is 11.5 Å². The molecule has 6 nitrogen and oxygen atoms in total. The van der Waals surface area contributed by atoms with Crippen LogP contribution in [0.4, 0.5) is 0 Å². The van der Waals surface area contributed by atoms with Crippen molar-refractivity contribution < 1.29 is 28.2 Å². The Morgan fingerprint density at radius 1 is 1.04 bits per heavy atom. The van der Waals surface area contributed by atoms with Crippen LogP contribution < -0.4 is 9.47 Å². The molecule has 0 bridgehead atoms. The van der Waals surface area contributed by atoms with Gasteiger partial charge in [0, 0.05) is 16.5 Å². The highest BCUT2D eigenvalue weighted by Gasteiger charge is 2.18. The van der Waals surface area contributed by atoms with Crippen molar-refractivity contribution in [3.8, 4) is 11.5 Å². The van der Waals surface area contributed by atoms with Crippen molar-refractivity contribution in [1.82, 2.24) is 0 Å². The van der Waals surface area contributed by atoms with Gasteiger partial charge < -0.3 is 18.6 Å². The smallest absolute Gasteiger partial charge is 0.310 e. The van der Waals surface area contributed by atoms with Crippen LogP contribution in [0.2, 0.25) is 0 Å². The summed E-state index contributed by atoms with van der Waals surface area (Å²) < 4.78 is 21.1. The molecule has 0 fully saturated rings. The van der Waals surface area contributed by atoms with Crippen LogP contribution in [0.15, 0.2) is 41.0 Å². The molecular weight excluding hydrogens is 348 g/mol. The number of carbonyl (C=O) groups excluding carboxylic acids is 2. The molecule has 1 aromatic heterocycles. The van der Waals surface area contributed by atoms with Gasteiger partial charge in [-0.15, -0.1) is 0 Å². The second-order valence-electron chi connectivity index (χ2n) is 6.52. The monoisotopic (exact) mass is 366 g/mol. The third-order valence-corrected chi connectivity index (χ3v) is 4.66. The Labute approximate surface area is 155 Å². The third-order valence-electron chi connectivity index (χ3n) is 4.66. The standard InChI is InChI=1S/C21H18O6/c1-12-5-16-15(9-24-19(16)6-13(12)2)8-21(23)25-10-17(22)14-3-4-18-20(7-14)27-11-26-18/h3-7,9H,8,10-11H2,1-2H3. The molecule has 2 aromatic carbocycles. The minimum absolute atomic E-state index is 0.0456. The van der Waals surface area contributed by atoms with Gasteiger partial charge in [0.15, 0.2) is 23.9 Å². The molecule has 0 spiro atoms. The Kier molecular flexibility index (Phi) is 4.32. The number of hydrogen-bond acceptors (Lipinski definition) is 6. The molecule has 0 aliphatic carbocycles. The van der Waals surface area contributed by atoms with E-state index in [2.05, 4.69) is 0 Å². The largest absolute Gasteiger partial charge is 0.464 e. The number of rotatable bonds is 5. The number of aryl methyl sites for hydroxylation is 2. The predicted molar refractivity (Wildman–Crippen MR) is 97.2 cm³/mol. The lowest BCUT2D eigenvalue weighted by molar-refractivity contribution is -0.141. The first-order valence-corrected chi connectivity index (χ1v) is 8.57. The maximum Gasteiger partial charge on any atom is 0.310 e. The summed E-state index contributed by atoms with van der Waals surface area (Å²) >= 11 is 0. The van der Waals surface area contributed by atoms with E-state index in [1.165, 1.54) is 0 Å². The van der Waals surface area contributed by atoms with E-state index < -0.39 is 5.97 Å². The van der Waals surface area contributed by atoms with Gasteiger partial charge in [-0.25, -0.2) is 0 Å². The molecule has 1 aliphatic rings. The van der Waals surface area contributed by atoms with E-state index in [4.69, 9.17) is 18.6 Å². The molecule has 0 saturated heterocycles. The lowest BCUT2D eigenvalue weighted by Crippen LogP contribution is -2.15. The zero-order valence-electron chi connectivity index (χ0n) is 15.0. The molecular formula is C21H18O6. The fourth-order valence-corrected chi connectivity index (χ4v) is 2.98. The molecule has 2 heterocycles. The normalized spacial score (nSPS) is 12.4. The van der Waals surface area contributed by atoms with Crippen molar-refractivity contribution in [2.45, 2.75) is 20.3 Å². The maximum absolute atomic E-state index is 12.3. The van der Waals surface area contributed by atoms with E-state index in [0.29, 0.717) is 17.1 Å². The van der Waals surface area contributed by atoms with Gasteiger partial charge in [0.05, 0.1) is 12.7 Å². The van der Waals surface area contributed by atoms with Crippen LogP contribution in [0.1, 0.15) is 27.0 Å². The first-order valence-electron chi connectivity index (χ1n) is 8.57. The zero-order chi connectivity index (χ0) is 19.0. The van der Waals surface area contributed by atoms with Crippen LogP contribution in [0, 0.1) is 13.8 Å². The van der Waals surface area contributed by atoms with Gasteiger partial charge in [-0.3, -0.25) is 9.59 Å². The molecule has 0 unspecified atom stereocenters. The van der Waals surface area contributed by atoms with Gasteiger partial charge in [0.2, 0.25) is 6.79 Å². The first kappa shape index (κ1) is 17.1. The number of furan rings is 1. The summed E-state index contributed by atoms with van der Waals surface area (Å²) in [6.07, 6.45) is 1.61. The minimum Gasteiger partial charge on any atom is -0.464 e. The quantitative estimate of drug-likeness (QED) is 0.506. The Morgan fingerprint density at radius 3 is 2.67 bits per heavy atom. The molecule has 0 N–H and O–H groups in total. The van der Waals surface area contributed by atoms with Crippen molar-refractivity contribution in [2.24, 2.45) is 0 Å². The number of esters is 1. The fraction of sp³-hybridized carbons (Fsp3) is 0.238. The predicted octanol–water partition coefficient (Wildman–Crippen LogP) is 3.75. The van der Waals surface area contributed by atoms with Crippen LogP contribution in [-0.2, 0) is 16.0 Å². The van der Waals surface area contributed by atoms with E-state index in [1.807, 2.05) is 26.0 Å². The van der Waals surface area contributed by atoms with Crippen molar-refractivity contribution >= 4 is 22.7 Å². The van der Waals surface area contributed by atoms with Crippen LogP contribution in [0.3, 0.4) is 0 Å². The third kappa shape index (κ3) is 3.38. The molecule has 27 heavy (non-hydrogen) atoms. The second kappa shape index (κ2) is 6.79. The first-order chi connectivity index (χ1) is 13.0. The highest BCUT2D eigenvalue weighted by molar-refractivity contribution is 5.98. The van der Waals surface area contributed by atoms with Gasteiger partial charge in [-0.05, 0) is 55.3 Å². The Morgan fingerprint density at radius 2 is 1.81 bits per heavy atom. The van der Waals surface area contributed by atoms with Gasteiger partial charge >= 0.3 is 5.97 Å². The molecule has 6 heteroatoms. The SMILES string of the molecule is Cc1cc2occ(CC(=O)OCC(=O)c3ccc4c(c3)OCO4)c2cc1C. The van der Waals surface area contributed by atoms with Crippen LogP contribution in [-0.4, -0.2) is 25.2 Å². The number of hydrogen-bond donors (Lipinski definition) is 0. The van der Waals surface area contributed by atoms with Crippen molar-refractivity contribution in [3.63, 3.8) is 0 Å². The highest BCUT2D eigenvalue weighted by atomic mass is 16.7. The van der Waals surface area contributed by atoms with Crippen molar-refractivity contribution in [1.29, 1.82) is 0 Å². The van der Waals surface area contributed by atoms with Crippen molar-refractivity contribution in [2.75, 3.05) is 13.4 Å². The number of ketones is 1. The van der Waals surface area contributed by atoms with Crippen LogP contribution in [0.25, 0.3) is 11.0 Å². The molecule has 0 saturated carbocycles. The number of ether oxygens (including phenoxy) is 3. The van der Waals surface area contributed by atoms with E-state index in [0.717, 1.165) is 27.7 Å². The molecule has 138 valence electrons. The van der Waals surface area contributed by atoms with Gasteiger partial charge in [-0.2, -0.15) is 0 Å². The number of benzene rings is 2. The number of carbonyl (C=O) groups is 2. The lowest BCUT2D eigenvalue weighted by atomic mass is 10.0. The summed E-state index contributed by atoms with van der Waals surface area (Å²) in [7, 11) is 0. The van der Waals surface area contributed by atoms with Gasteiger partial charge in [0.1, 0.15) is 5.58 Å². The molecule has 0 atom stereocenters. The molecule has 1 aliphatic heterocycles. The highest BCUT2D eigenvalue weighted by Crippen LogP contribution is 2.32. The summed E-state index contributed by atoms with van der Waals surface area (Å²) in [5.74, 6) is 0.332. The maximum atomic E-state index is 12.3. The lowest BCUT2D eigenvalue weighted by Gasteiger charge is -2.05. The van der Waals surface area contributed by atoms with E-state index in [-0.39, 0.29) is 25.6 Å². The zero-order valence-corrected chi connectivity index (χ0v) is 15.0. The summed E-state index contributed by atoms with van der Waals surface area (Å²) in [5.41, 5.74) is 4.13. The van der Waals surface area contributed by atoms with Crippen LogP contribution >= 0.6 is 0 Å². The Hall–Kier alpha value is -3.28.